The lowest BCUT2D eigenvalue weighted by Gasteiger charge is -2.14. The minimum atomic E-state index is -0.572. The van der Waals surface area contributed by atoms with Crippen molar-refractivity contribution in [1.82, 2.24) is 10.6 Å². The summed E-state index contributed by atoms with van der Waals surface area (Å²) in [5.74, 6) is -0.413. The Hall–Kier alpha value is -1.92. The van der Waals surface area contributed by atoms with Crippen LogP contribution in [0.2, 0.25) is 0 Å². The maximum absolute atomic E-state index is 11.9. The molecule has 0 radical (unpaired) electrons. The molecule has 1 unspecified atom stereocenters. The maximum Gasteiger partial charge on any atom is 0.242 e. The van der Waals surface area contributed by atoms with Crippen LogP contribution in [-0.4, -0.2) is 38.1 Å². The summed E-state index contributed by atoms with van der Waals surface area (Å²) in [7, 11) is 1.56. The van der Waals surface area contributed by atoms with Crippen molar-refractivity contribution in [2.75, 3.05) is 20.3 Å². The number of carbonyl (C=O) groups is 2. The van der Waals surface area contributed by atoms with E-state index in [1.165, 1.54) is 0 Å². The lowest BCUT2D eigenvalue weighted by atomic mass is 10.1. The summed E-state index contributed by atoms with van der Waals surface area (Å²) in [5.41, 5.74) is 7.42. The Kier molecular flexibility index (Phi) is 7.42. The number of carbonyl (C=O) groups excluding carboxylic acids is 2. The zero-order chi connectivity index (χ0) is 15.7. The van der Waals surface area contributed by atoms with Crippen LogP contribution in [0.1, 0.15) is 18.1 Å². The van der Waals surface area contributed by atoms with Crippen molar-refractivity contribution in [3.8, 4) is 0 Å². The molecule has 0 saturated heterocycles. The fourth-order valence-corrected chi connectivity index (χ4v) is 1.77. The van der Waals surface area contributed by atoms with Gasteiger partial charge in [-0.25, -0.2) is 0 Å². The second-order valence-corrected chi connectivity index (χ2v) is 4.77. The summed E-state index contributed by atoms with van der Waals surface area (Å²) in [6.07, 6.45) is 0.237. The van der Waals surface area contributed by atoms with Gasteiger partial charge in [0.2, 0.25) is 11.8 Å². The van der Waals surface area contributed by atoms with Crippen molar-refractivity contribution < 1.29 is 14.3 Å². The van der Waals surface area contributed by atoms with Crippen LogP contribution in [0.4, 0.5) is 0 Å². The topological polar surface area (TPSA) is 93.5 Å². The van der Waals surface area contributed by atoms with E-state index in [1.807, 2.05) is 24.3 Å². The Morgan fingerprint density at radius 1 is 1.24 bits per heavy atom. The molecule has 0 fully saturated rings. The molecule has 1 aromatic carbocycles. The molecule has 0 spiro atoms. The Labute approximate surface area is 125 Å². The van der Waals surface area contributed by atoms with Crippen molar-refractivity contribution in [3.05, 3.63) is 35.4 Å². The first kappa shape index (κ1) is 17.1. The summed E-state index contributed by atoms with van der Waals surface area (Å²) >= 11 is 0. The normalized spacial score (nSPS) is 11.8. The van der Waals surface area contributed by atoms with E-state index >= 15 is 0 Å². The molecule has 0 aliphatic carbocycles. The standard InChI is InChI=1S/C15H23N3O3/c1-11(15(20)17-7-8-21-2)18-14(19)9-12-3-5-13(10-16)6-4-12/h3-6,11H,7-10,16H2,1-2H3,(H,17,20)(H,18,19). The van der Waals surface area contributed by atoms with Crippen molar-refractivity contribution >= 4 is 11.8 Å². The molecule has 0 aliphatic heterocycles. The molecule has 2 amide bonds. The molecule has 0 heterocycles. The van der Waals surface area contributed by atoms with E-state index in [0.717, 1.165) is 11.1 Å². The largest absolute Gasteiger partial charge is 0.383 e. The number of hydrogen-bond acceptors (Lipinski definition) is 4. The zero-order valence-electron chi connectivity index (χ0n) is 12.5. The highest BCUT2D eigenvalue weighted by Crippen LogP contribution is 2.04. The van der Waals surface area contributed by atoms with Crippen molar-refractivity contribution in [2.45, 2.75) is 25.9 Å². The minimum Gasteiger partial charge on any atom is -0.383 e. The van der Waals surface area contributed by atoms with Crippen LogP contribution in [0.5, 0.6) is 0 Å². The van der Waals surface area contributed by atoms with Gasteiger partial charge in [-0.1, -0.05) is 24.3 Å². The molecule has 0 saturated carbocycles. The van der Waals surface area contributed by atoms with Gasteiger partial charge in [-0.05, 0) is 18.1 Å². The van der Waals surface area contributed by atoms with Crippen LogP contribution < -0.4 is 16.4 Å². The SMILES string of the molecule is COCCNC(=O)C(C)NC(=O)Cc1ccc(CN)cc1. The molecular formula is C15H23N3O3. The highest BCUT2D eigenvalue weighted by Gasteiger charge is 2.15. The highest BCUT2D eigenvalue weighted by atomic mass is 16.5. The number of benzene rings is 1. The van der Waals surface area contributed by atoms with Gasteiger partial charge in [0.1, 0.15) is 6.04 Å². The molecule has 0 aromatic heterocycles. The van der Waals surface area contributed by atoms with Crippen LogP contribution in [-0.2, 0) is 27.3 Å². The van der Waals surface area contributed by atoms with Gasteiger partial charge < -0.3 is 21.1 Å². The molecule has 116 valence electrons. The molecule has 21 heavy (non-hydrogen) atoms. The van der Waals surface area contributed by atoms with Gasteiger partial charge in [-0.15, -0.1) is 0 Å². The van der Waals surface area contributed by atoms with E-state index in [4.69, 9.17) is 10.5 Å². The van der Waals surface area contributed by atoms with Crippen LogP contribution >= 0.6 is 0 Å². The van der Waals surface area contributed by atoms with Crippen LogP contribution in [0.15, 0.2) is 24.3 Å². The van der Waals surface area contributed by atoms with Gasteiger partial charge in [0, 0.05) is 20.2 Å². The lowest BCUT2D eigenvalue weighted by molar-refractivity contribution is -0.128. The van der Waals surface area contributed by atoms with Gasteiger partial charge in [-0.2, -0.15) is 0 Å². The predicted octanol–water partition coefficient (Wildman–Crippen LogP) is -0.0449. The fraction of sp³-hybridized carbons (Fsp3) is 0.467. The van der Waals surface area contributed by atoms with Gasteiger partial charge >= 0.3 is 0 Å². The van der Waals surface area contributed by atoms with Crippen molar-refractivity contribution in [3.63, 3.8) is 0 Å². The quantitative estimate of drug-likeness (QED) is 0.586. The van der Waals surface area contributed by atoms with Gasteiger partial charge in [0.05, 0.1) is 13.0 Å². The van der Waals surface area contributed by atoms with Crippen molar-refractivity contribution in [1.29, 1.82) is 0 Å². The van der Waals surface area contributed by atoms with Crippen LogP contribution in [0.25, 0.3) is 0 Å². The molecule has 1 aromatic rings. The average Bonchev–Trinajstić information content (AvgIpc) is 2.48. The number of ether oxygens (including phenoxy) is 1. The third-order valence-corrected chi connectivity index (χ3v) is 3.00. The van der Waals surface area contributed by atoms with Crippen LogP contribution in [0, 0.1) is 0 Å². The number of hydrogen-bond donors (Lipinski definition) is 3. The predicted molar refractivity (Wildman–Crippen MR) is 80.5 cm³/mol. The third-order valence-electron chi connectivity index (χ3n) is 3.00. The fourth-order valence-electron chi connectivity index (χ4n) is 1.77. The lowest BCUT2D eigenvalue weighted by Crippen LogP contribution is -2.46. The highest BCUT2D eigenvalue weighted by molar-refractivity contribution is 5.88. The first-order valence-corrected chi connectivity index (χ1v) is 6.90. The number of amides is 2. The van der Waals surface area contributed by atoms with E-state index in [0.29, 0.717) is 19.7 Å². The second kappa shape index (κ2) is 9.10. The molecular weight excluding hydrogens is 270 g/mol. The first-order chi connectivity index (χ1) is 10.1. The van der Waals surface area contributed by atoms with E-state index in [1.54, 1.807) is 14.0 Å². The number of nitrogens with two attached hydrogens (primary N) is 1. The van der Waals surface area contributed by atoms with Gasteiger partial charge in [0.25, 0.3) is 0 Å². The zero-order valence-corrected chi connectivity index (χ0v) is 12.5. The Morgan fingerprint density at radius 3 is 2.43 bits per heavy atom. The Bertz CT molecular complexity index is 460. The molecule has 6 heteroatoms. The van der Waals surface area contributed by atoms with Crippen LogP contribution in [0.3, 0.4) is 0 Å². The molecule has 1 atom stereocenters. The monoisotopic (exact) mass is 293 g/mol. The van der Waals surface area contributed by atoms with E-state index in [9.17, 15) is 9.59 Å². The van der Waals surface area contributed by atoms with Gasteiger partial charge in [0.15, 0.2) is 0 Å². The summed E-state index contributed by atoms with van der Waals surface area (Å²) in [6, 6.07) is 6.95. The molecule has 1 rings (SSSR count). The van der Waals surface area contributed by atoms with E-state index in [2.05, 4.69) is 10.6 Å². The first-order valence-electron chi connectivity index (χ1n) is 6.90. The molecule has 4 N–H and O–H groups in total. The molecule has 0 bridgehead atoms. The molecule has 0 aliphatic rings. The van der Waals surface area contributed by atoms with Crippen molar-refractivity contribution in [2.24, 2.45) is 5.73 Å². The van der Waals surface area contributed by atoms with Gasteiger partial charge in [-0.3, -0.25) is 9.59 Å². The third kappa shape index (κ3) is 6.37. The minimum absolute atomic E-state index is 0.190. The Morgan fingerprint density at radius 2 is 1.86 bits per heavy atom. The number of rotatable bonds is 8. The molecule has 6 nitrogen and oxygen atoms in total. The summed E-state index contributed by atoms with van der Waals surface area (Å²) < 4.78 is 4.84. The average molecular weight is 293 g/mol. The summed E-state index contributed by atoms with van der Waals surface area (Å²) in [5, 5.41) is 5.34. The van der Waals surface area contributed by atoms with E-state index < -0.39 is 6.04 Å². The maximum atomic E-state index is 11.9. The number of methoxy groups -OCH3 is 1. The smallest absolute Gasteiger partial charge is 0.242 e. The summed E-state index contributed by atoms with van der Waals surface area (Å²) in [6.45, 7) is 3.00. The number of nitrogens with one attached hydrogen (secondary N) is 2. The summed E-state index contributed by atoms with van der Waals surface area (Å²) in [4.78, 5) is 23.6. The van der Waals surface area contributed by atoms with E-state index in [-0.39, 0.29) is 18.2 Å². The second-order valence-electron chi connectivity index (χ2n) is 4.77. The Balaban J connectivity index is 2.39.